The molecule has 0 aliphatic rings. The second-order valence-corrected chi connectivity index (χ2v) is 15.7. The topological polar surface area (TPSA) is 14.1 Å². The van der Waals surface area contributed by atoms with Gasteiger partial charge in [0.05, 0.1) is 31.8 Å². The van der Waals surface area contributed by atoms with Crippen LogP contribution in [0, 0.1) is 0 Å². The number of benzene rings is 6. The summed E-state index contributed by atoms with van der Waals surface area (Å²) in [5.41, 5.74) is 0. The van der Waals surface area contributed by atoms with Crippen LogP contribution in [0.2, 0.25) is 0 Å². The lowest BCUT2D eigenvalue weighted by Crippen LogP contribution is -2.31. The average Bonchev–Trinajstić information content (AvgIpc) is 3.04. The molecular weight excluding hydrogens is 520 g/mol. The summed E-state index contributed by atoms with van der Waals surface area (Å²) in [5, 5.41) is 7.55. The fourth-order valence-corrected chi connectivity index (χ4v) is 14.8. The largest absolute Gasteiger partial charge is 0.301 e. The first-order chi connectivity index (χ1) is 19.3. The monoisotopic (exact) mass is 554 g/mol. The molecule has 0 unspecified atom stereocenters. The lowest BCUT2D eigenvalue weighted by atomic mass is 10.4. The number of rotatable bonds is 6. The van der Waals surface area contributed by atoms with Gasteiger partial charge in [-0.15, -0.1) is 4.17 Å². The van der Waals surface area contributed by atoms with E-state index in [9.17, 15) is 0 Å². The van der Waals surface area contributed by atoms with Crippen LogP contribution >= 0.6 is 14.1 Å². The molecule has 0 bridgehead atoms. The molecule has 196 valence electrons. The summed E-state index contributed by atoms with van der Waals surface area (Å²) >= 11 is 0. The van der Waals surface area contributed by atoms with Crippen molar-refractivity contribution >= 4 is 45.9 Å². The molecule has 0 N–H and O–H groups in total. The van der Waals surface area contributed by atoms with E-state index in [1.165, 1.54) is 31.8 Å². The predicted molar refractivity (Wildman–Crippen MR) is 179 cm³/mol. The second kappa shape index (κ2) is 12.4. The fourth-order valence-electron chi connectivity index (χ4n) is 5.27. The molecule has 0 spiro atoms. The summed E-state index contributed by atoms with van der Waals surface area (Å²) in [5.74, 6) is 0. The molecule has 0 heterocycles. The van der Waals surface area contributed by atoms with Gasteiger partial charge in [0.2, 0.25) is 0 Å². The van der Waals surface area contributed by atoms with Crippen LogP contribution in [0.3, 0.4) is 0 Å². The molecule has 0 aliphatic carbocycles. The van der Waals surface area contributed by atoms with Gasteiger partial charge in [-0.25, -0.2) is 0 Å². The number of nitrogens with zero attached hydrogens (tertiary/aromatic N) is 1. The smallest absolute Gasteiger partial charge is 0.148 e. The average molecular weight is 555 g/mol. The van der Waals surface area contributed by atoms with E-state index in [4.69, 9.17) is 4.17 Å². The molecule has 6 rings (SSSR count). The lowest BCUT2D eigenvalue weighted by molar-refractivity contribution is 1.67. The maximum absolute atomic E-state index is 6.38. The van der Waals surface area contributed by atoms with E-state index in [-0.39, 0.29) is 7.43 Å². The highest BCUT2D eigenvalue weighted by molar-refractivity contribution is 7.93. The minimum atomic E-state index is -2.50. The lowest BCUT2D eigenvalue weighted by Gasteiger charge is -2.20. The van der Waals surface area contributed by atoms with Crippen LogP contribution in [-0.4, -0.2) is 0 Å². The van der Waals surface area contributed by atoms with Crippen LogP contribution in [0.4, 0.5) is 0 Å². The van der Waals surface area contributed by atoms with Crippen molar-refractivity contribution in [2.75, 3.05) is 0 Å². The molecule has 0 amide bonds. The zero-order valence-corrected chi connectivity index (χ0v) is 23.5. The Morgan fingerprint density at radius 2 is 0.400 bits per heavy atom. The Morgan fingerprint density at radius 3 is 0.550 bits per heavy atom. The van der Waals surface area contributed by atoms with Gasteiger partial charge in [0.1, 0.15) is 0 Å². The molecule has 40 heavy (non-hydrogen) atoms. The van der Waals surface area contributed by atoms with Crippen LogP contribution in [-0.2, 0) is 0 Å². The zero-order valence-electron chi connectivity index (χ0n) is 21.7. The van der Waals surface area contributed by atoms with Crippen molar-refractivity contribution in [3.05, 3.63) is 182 Å². The summed E-state index contributed by atoms with van der Waals surface area (Å²) in [6, 6.07) is 65.7. The second-order valence-electron chi connectivity index (χ2n) is 9.37. The van der Waals surface area contributed by atoms with E-state index >= 15 is 0 Å². The molecule has 0 aliphatic heterocycles. The van der Waals surface area contributed by atoms with Gasteiger partial charge >= 0.3 is 14.1 Å². The van der Waals surface area contributed by atoms with Gasteiger partial charge in [-0.1, -0.05) is 117 Å². The van der Waals surface area contributed by atoms with Gasteiger partial charge in [-0.2, -0.15) is 0 Å². The Morgan fingerprint density at radius 1 is 0.250 bits per heavy atom. The standard InChI is InChI=1S/C36H30NP2.CH4/c1-7-19-31(20-8-1)38(32-21-9-2-10-22-32,33-23-11-3-12-24-33)37-39(34-25-13-4-14-26-34,35-27-15-5-16-28-35)36-29-17-6-18-30-36;/h1-30H;1H4/q+1;. The fraction of sp³-hybridized carbons (Fsp3) is 0.0270. The van der Waals surface area contributed by atoms with Crippen LogP contribution in [0.5, 0.6) is 0 Å². The van der Waals surface area contributed by atoms with Crippen LogP contribution in [0.25, 0.3) is 0 Å². The first kappa shape index (κ1) is 27.5. The maximum atomic E-state index is 6.38. The maximum Gasteiger partial charge on any atom is 0.301 e. The van der Waals surface area contributed by atoms with Crippen LogP contribution < -0.4 is 36.0 Å². The molecule has 1 nitrogen and oxygen atoms in total. The van der Waals surface area contributed by atoms with Gasteiger partial charge in [-0.05, 0) is 72.8 Å². The van der Waals surface area contributed by atoms with Crippen molar-refractivity contribution in [1.82, 2.24) is 4.17 Å². The van der Waals surface area contributed by atoms with Gasteiger partial charge in [0.15, 0.2) is 0 Å². The molecule has 0 aromatic heterocycles. The van der Waals surface area contributed by atoms with Gasteiger partial charge in [0.25, 0.3) is 0 Å². The molecule has 0 atom stereocenters. The van der Waals surface area contributed by atoms with E-state index in [0.717, 1.165) is 0 Å². The first-order valence-electron chi connectivity index (χ1n) is 13.2. The predicted octanol–water partition coefficient (Wildman–Crippen LogP) is 7.05. The normalized spacial score (nSPS) is 11.2. The highest BCUT2D eigenvalue weighted by atomic mass is 31.2. The highest BCUT2D eigenvalue weighted by Gasteiger charge is 2.44. The summed E-state index contributed by atoms with van der Waals surface area (Å²) in [7, 11) is -4.99. The zero-order chi connectivity index (χ0) is 26.4. The van der Waals surface area contributed by atoms with E-state index in [0.29, 0.717) is 0 Å². The SMILES string of the molecule is C.c1ccc(P(=[N+]=P(c2ccccc2)(c2ccccc2)c2ccccc2)(c2ccccc2)c2ccccc2)cc1. The molecule has 0 saturated heterocycles. The van der Waals surface area contributed by atoms with E-state index < -0.39 is 14.1 Å². The van der Waals surface area contributed by atoms with Gasteiger partial charge in [0, 0.05) is 0 Å². The molecule has 0 radical (unpaired) electrons. The third-order valence-electron chi connectivity index (χ3n) is 7.05. The van der Waals surface area contributed by atoms with Crippen molar-refractivity contribution < 1.29 is 0 Å². The Labute approximate surface area is 239 Å². The highest BCUT2D eigenvalue weighted by Crippen LogP contribution is 2.50. The summed E-state index contributed by atoms with van der Waals surface area (Å²) in [6.45, 7) is 0. The molecule has 0 saturated carbocycles. The van der Waals surface area contributed by atoms with Crippen molar-refractivity contribution in [3.63, 3.8) is 0 Å². The third-order valence-corrected chi connectivity index (χ3v) is 15.5. The quantitative estimate of drug-likeness (QED) is 0.155. The van der Waals surface area contributed by atoms with Crippen LogP contribution in [0.1, 0.15) is 7.43 Å². The van der Waals surface area contributed by atoms with Crippen molar-refractivity contribution in [1.29, 1.82) is 0 Å². The van der Waals surface area contributed by atoms with Crippen LogP contribution in [0.15, 0.2) is 182 Å². The number of hydrogen-bond acceptors (Lipinski definition) is 0. The molecule has 6 aromatic carbocycles. The summed E-state index contributed by atoms with van der Waals surface area (Å²) in [6.07, 6.45) is 0. The molecule has 6 aromatic rings. The van der Waals surface area contributed by atoms with E-state index in [2.05, 4.69) is 182 Å². The summed E-state index contributed by atoms with van der Waals surface area (Å²) in [4.78, 5) is 0. The van der Waals surface area contributed by atoms with Gasteiger partial charge in [-0.3, -0.25) is 0 Å². The van der Waals surface area contributed by atoms with Gasteiger partial charge < -0.3 is 0 Å². The van der Waals surface area contributed by atoms with E-state index in [1.807, 2.05) is 0 Å². The minimum absolute atomic E-state index is 0. The number of hydrogen-bond donors (Lipinski definition) is 0. The van der Waals surface area contributed by atoms with Crippen molar-refractivity contribution in [2.24, 2.45) is 0 Å². The van der Waals surface area contributed by atoms with Crippen molar-refractivity contribution in [2.45, 2.75) is 7.43 Å². The summed E-state index contributed by atoms with van der Waals surface area (Å²) < 4.78 is 6.38. The Balaban J connectivity index is 0.00000323. The molecular formula is C37H34NP2+. The Bertz CT molecular complexity index is 1420. The Kier molecular flexibility index (Phi) is 8.50. The molecule has 3 heteroatoms. The third kappa shape index (κ3) is 4.97. The van der Waals surface area contributed by atoms with Crippen molar-refractivity contribution in [3.8, 4) is 0 Å². The van der Waals surface area contributed by atoms with E-state index in [1.54, 1.807) is 0 Å². The minimum Gasteiger partial charge on any atom is -0.148 e. The Hall–Kier alpha value is -4.11. The first-order valence-corrected chi connectivity index (χ1v) is 16.7. The molecule has 0 fully saturated rings.